The minimum Gasteiger partial charge on any atom is -0.390 e. The monoisotopic (exact) mass is 414 g/mol. The molecule has 0 saturated heterocycles. The Morgan fingerprint density at radius 3 is 2.40 bits per heavy atom. The van der Waals surface area contributed by atoms with Gasteiger partial charge < -0.3 is 15.7 Å². The Morgan fingerprint density at radius 1 is 1.17 bits per heavy atom. The molecule has 160 valence electrons. The van der Waals surface area contributed by atoms with Crippen molar-refractivity contribution in [1.29, 1.82) is 0 Å². The largest absolute Gasteiger partial charge is 0.390 e. The van der Waals surface area contributed by atoms with E-state index < -0.39 is 23.8 Å². The Kier molecular flexibility index (Phi) is 6.68. The molecule has 1 aliphatic carbocycles. The van der Waals surface area contributed by atoms with Gasteiger partial charge in [-0.1, -0.05) is 30.4 Å². The van der Waals surface area contributed by atoms with E-state index in [1.54, 1.807) is 0 Å². The minimum atomic E-state index is -0.929. The first-order valence-electron chi connectivity index (χ1n) is 10.1. The fraction of sp³-hybridized carbons (Fsp3) is 0.375. The lowest BCUT2D eigenvalue weighted by Crippen LogP contribution is -2.49. The highest BCUT2D eigenvalue weighted by Crippen LogP contribution is 2.45. The van der Waals surface area contributed by atoms with Gasteiger partial charge in [0, 0.05) is 25.1 Å². The van der Waals surface area contributed by atoms with Crippen LogP contribution in [0, 0.1) is 11.6 Å². The van der Waals surface area contributed by atoms with Crippen molar-refractivity contribution in [2.24, 2.45) is 0 Å². The number of aliphatic hydroxyl groups excluding tert-OH is 1. The Hall–Kier alpha value is -2.57. The number of hydrogen-bond acceptors (Lipinski definition) is 3. The van der Waals surface area contributed by atoms with E-state index in [1.807, 2.05) is 19.1 Å². The maximum atomic E-state index is 13.5. The first-order valence-corrected chi connectivity index (χ1v) is 10.1. The summed E-state index contributed by atoms with van der Waals surface area (Å²) in [5.41, 5.74) is 3.36. The molecule has 3 N–H and O–H groups in total. The predicted octanol–water partition coefficient (Wildman–Crippen LogP) is 3.68. The van der Waals surface area contributed by atoms with Crippen LogP contribution in [0.2, 0.25) is 0 Å². The van der Waals surface area contributed by atoms with Crippen molar-refractivity contribution in [3.05, 3.63) is 77.4 Å². The molecule has 0 aromatic heterocycles. The number of hydrogen-bond donors (Lipinski definition) is 3. The molecule has 0 heterocycles. The van der Waals surface area contributed by atoms with E-state index >= 15 is 0 Å². The van der Waals surface area contributed by atoms with Crippen LogP contribution >= 0.6 is 0 Å². The molecule has 1 aliphatic rings. The summed E-state index contributed by atoms with van der Waals surface area (Å²) in [5.74, 6) is -1.69. The number of halogens is 2. The van der Waals surface area contributed by atoms with Gasteiger partial charge in [-0.3, -0.25) is 4.79 Å². The third kappa shape index (κ3) is 5.52. The van der Waals surface area contributed by atoms with Crippen molar-refractivity contribution in [1.82, 2.24) is 10.6 Å². The molecular weight excluding hydrogens is 386 g/mol. The van der Waals surface area contributed by atoms with E-state index in [-0.39, 0.29) is 24.4 Å². The van der Waals surface area contributed by atoms with E-state index in [9.17, 15) is 18.7 Å². The topological polar surface area (TPSA) is 61.4 Å². The quantitative estimate of drug-likeness (QED) is 0.587. The van der Waals surface area contributed by atoms with Gasteiger partial charge in [0.1, 0.15) is 11.6 Å². The molecule has 1 unspecified atom stereocenters. The van der Waals surface area contributed by atoms with E-state index in [4.69, 9.17) is 0 Å². The molecule has 1 saturated carbocycles. The van der Waals surface area contributed by atoms with Crippen molar-refractivity contribution in [2.45, 2.75) is 50.8 Å². The molecule has 1 amide bonds. The number of carbonyl (C=O) groups is 1. The van der Waals surface area contributed by atoms with Gasteiger partial charge in [-0.2, -0.15) is 0 Å². The fourth-order valence-electron chi connectivity index (χ4n) is 3.74. The minimum absolute atomic E-state index is 0.120. The van der Waals surface area contributed by atoms with Crippen molar-refractivity contribution in [3.63, 3.8) is 0 Å². The SMILES string of the molecule is C=C(C)c1cccc(C2(NC[C@@H](O)C(Cc3cc(F)cc(F)c3)NC(C)=O)CC2)c1. The van der Waals surface area contributed by atoms with Gasteiger partial charge in [0.15, 0.2) is 0 Å². The van der Waals surface area contributed by atoms with Gasteiger partial charge in [-0.05, 0) is 61.1 Å². The standard InChI is InChI=1S/C24H28F2N2O2/c1-15(2)18-5-4-6-19(12-18)24(7-8-24)27-14-23(30)22(28-16(3)29)11-17-9-20(25)13-21(26)10-17/h4-6,9-10,12-13,22-23,27,30H,1,7-8,11,14H2,2-3H3,(H,28,29)/t22?,23-/m1/s1. The summed E-state index contributed by atoms with van der Waals surface area (Å²) in [7, 11) is 0. The fourth-order valence-corrected chi connectivity index (χ4v) is 3.74. The maximum absolute atomic E-state index is 13.5. The molecule has 0 bridgehead atoms. The normalized spacial score (nSPS) is 16.6. The third-order valence-electron chi connectivity index (χ3n) is 5.54. The van der Waals surface area contributed by atoms with Gasteiger partial charge in [0.05, 0.1) is 12.1 Å². The molecular formula is C24H28F2N2O2. The van der Waals surface area contributed by atoms with Crippen molar-refractivity contribution < 1.29 is 18.7 Å². The van der Waals surface area contributed by atoms with Crippen LogP contribution in [-0.2, 0) is 16.8 Å². The summed E-state index contributed by atoms with van der Waals surface area (Å²) < 4.78 is 27.0. The van der Waals surface area contributed by atoms with Crippen LogP contribution < -0.4 is 10.6 Å². The first-order chi connectivity index (χ1) is 14.2. The molecule has 2 aromatic carbocycles. The van der Waals surface area contributed by atoms with Crippen LogP contribution in [0.25, 0.3) is 5.57 Å². The number of amides is 1. The molecule has 0 aliphatic heterocycles. The van der Waals surface area contributed by atoms with Crippen LogP contribution in [0.15, 0.2) is 49.0 Å². The molecule has 6 heteroatoms. The van der Waals surface area contributed by atoms with Crippen LogP contribution in [0.4, 0.5) is 8.78 Å². The highest BCUT2D eigenvalue weighted by molar-refractivity contribution is 5.73. The van der Waals surface area contributed by atoms with Gasteiger partial charge in [-0.25, -0.2) is 8.78 Å². The van der Waals surface area contributed by atoms with Crippen LogP contribution in [0.5, 0.6) is 0 Å². The molecule has 1 fully saturated rings. The lowest BCUT2D eigenvalue weighted by atomic mass is 9.97. The predicted molar refractivity (Wildman–Crippen MR) is 114 cm³/mol. The van der Waals surface area contributed by atoms with Crippen LogP contribution in [0.1, 0.15) is 43.4 Å². The summed E-state index contributed by atoms with van der Waals surface area (Å²) >= 11 is 0. The smallest absolute Gasteiger partial charge is 0.217 e. The van der Waals surface area contributed by atoms with E-state index in [0.29, 0.717) is 5.56 Å². The molecule has 3 rings (SSSR count). The Morgan fingerprint density at radius 2 is 1.83 bits per heavy atom. The summed E-state index contributed by atoms with van der Waals surface area (Å²) in [6.07, 6.45) is 1.08. The highest BCUT2D eigenvalue weighted by atomic mass is 19.1. The zero-order valence-corrected chi connectivity index (χ0v) is 17.3. The number of benzene rings is 2. The Balaban J connectivity index is 1.69. The lowest BCUT2D eigenvalue weighted by Gasteiger charge is -2.27. The molecule has 0 radical (unpaired) electrons. The van der Waals surface area contributed by atoms with E-state index in [1.165, 1.54) is 19.1 Å². The second kappa shape index (κ2) is 9.06. The second-order valence-corrected chi connectivity index (χ2v) is 8.18. The van der Waals surface area contributed by atoms with E-state index in [2.05, 4.69) is 29.3 Å². The second-order valence-electron chi connectivity index (χ2n) is 8.18. The van der Waals surface area contributed by atoms with Gasteiger partial charge >= 0.3 is 0 Å². The molecule has 2 atom stereocenters. The number of allylic oxidation sites excluding steroid dienone is 1. The van der Waals surface area contributed by atoms with Crippen molar-refractivity contribution in [3.8, 4) is 0 Å². The van der Waals surface area contributed by atoms with Gasteiger partial charge in [0.25, 0.3) is 0 Å². The summed E-state index contributed by atoms with van der Waals surface area (Å²) in [5, 5.41) is 16.9. The molecule has 0 spiro atoms. The molecule has 30 heavy (non-hydrogen) atoms. The number of rotatable bonds is 9. The van der Waals surface area contributed by atoms with Gasteiger partial charge in [-0.15, -0.1) is 0 Å². The third-order valence-corrected chi connectivity index (χ3v) is 5.54. The Labute approximate surface area is 176 Å². The summed E-state index contributed by atoms with van der Waals surface area (Å²) in [6.45, 7) is 7.54. The first kappa shape index (κ1) is 22.1. The van der Waals surface area contributed by atoms with Gasteiger partial charge in [0.2, 0.25) is 5.91 Å². The number of nitrogens with one attached hydrogen (secondary N) is 2. The molecule has 4 nitrogen and oxygen atoms in total. The van der Waals surface area contributed by atoms with Crippen molar-refractivity contribution in [2.75, 3.05) is 6.54 Å². The molecule has 2 aromatic rings. The van der Waals surface area contributed by atoms with Crippen molar-refractivity contribution >= 4 is 11.5 Å². The summed E-state index contributed by atoms with van der Waals surface area (Å²) in [4.78, 5) is 11.6. The number of carbonyl (C=O) groups excluding carboxylic acids is 1. The van der Waals surface area contributed by atoms with Crippen LogP contribution in [0.3, 0.4) is 0 Å². The average Bonchev–Trinajstić information content (AvgIpc) is 3.46. The van der Waals surface area contributed by atoms with Crippen LogP contribution in [-0.4, -0.2) is 29.7 Å². The zero-order chi connectivity index (χ0) is 21.9. The average molecular weight is 414 g/mol. The summed E-state index contributed by atoms with van der Waals surface area (Å²) in [6, 6.07) is 10.7. The lowest BCUT2D eigenvalue weighted by molar-refractivity contribution is -0.120. The zero-order valence-electron chi connectivity index (χ0n) is 17.3. The highest BCUT2D eigenvalue weighted by Gasteiger charge is 2.44. The Bertz CT molecular complexity index is 920. The maximum Gasteiger partial charge on any atom is 0.217 e. The van der Waals surface area contributed by atoms with E-state index in [0.717, 1.165) is 35.6 Å². The number of aliphatic hydroxyl groups is 1.